The van der Waals surface area contributed by atoms with Gasteiger partial charge in [-0.05, 0) is 18.2 Å². The van der Waals surface area contributed by atoms with Crippen LogP contribution in [0.3, 0.4) is 0 Å². The number of hydrogen-bond acceptors (Lipinski definition) is 5. The number of ether oxygens (including phenoxy) is 1. The molecule has 0 spiro atoms. The molecule has 0 radical (unpaired) electrons. The standard InChI is InChI=1S/C13H13N3O4S2/c1-15-9-3-2-7(4-10(9)22-13(15)19)16-6-8(20-12(16)18)5-14-11(17)21/h2-4,8H,5-6H2,1H3,(H2,14,17,21). The van der Waals surface area contributed by atoms with Crippen LogP contribution in [0.15, 0.2) is 23.0 Å². The summed E-state index contributed by atoms with van der Waals surface area (Å²) < 4.78 is 7.57. The molecule has 2 amide bonds. The first-order valence-corrected chi connectivity index (χ1v) is 7.76. The summed E-state index contributed by atoms with van der Waals surface area (Å²) >= 11 is 4.73. The Morgan fingerprint density at radius 3 is 3.00 bits per heavy atom. The lowest BCUT2D eigenvalue weighted by molar-refractivity contribution is 0.141. The van der Waals surface area contributed by atoms with Crippen molar-refractivity contribution in [2.24, 2.45) is 7.05 Å². The van der Waals surface area contributed by atoms with Gasteiger partial charge >= 0.3 is 11.0 Å². The smallest absolute Gasteiger partial charge is 0.414 e. The first kappa shape index (κ1) is 14.9. The van der Waals surface area contributed by atoms with E-state index in [1.54, 1.807) is 29.8 Å². The number of carbonyl (C=O) groups is 2. The van der Waals surface area contributed by atoms with Crippen molar-refractivity contribution in [2.75, 3.05) is 18.0 Å². The van der Waals surface area contributed by atoms with Crippen molar-refractivity contribution in [1.82, 2.24) is 9.88 Å². The molecule has 1 fully saturated rings. The number of cyclic esters (lactones) is 1. The molecular formula is C13H13N3O4S2. The van der Waals surface area contributed by atoms with Crippen LogP contribution in [0.25, 0.3) is 10.2 Å². The molecule has 0 bridgehead atoms. The summed E-state index contributed by atoms with van der Waals surface area (Å²) in [6.07, 6.45) is -0.894. The molecule has 1 N–H and O–H groups in total. The summed E-state index contributed by atoms with van der Waals surface area (Å²) in [5.41, 5.74) is 1.49. The Balaban J connectivity index is 1.83. The lowest BCUT2D eigenvalue weighted by Crippen LogP contribution is -2.32. The number of thiol groups is 1. The Bertz CT molecular complexity index is 813. The van der Waals surface area contributed by atoms with Gasteiger partial charge in [0, 0.05) is 12.7 Å². The Labute approximate surface area is 134 Å². The van der Waals surface area contributed by atoms with E-state index in [2.05, 4.69) is 17.9 Å². The predicted molar refractivity (Wildman–Crippen MR) is 87.1 cm³/mol. The maximum atomic E-state index is 11.9. The summed E-state index contributed by atoms with van der Waals surface area (Å²) in [6, 6.07) is 5.37. The quantitative estimate of drug-likeness (QED) is 0.832. The number of nitrogens with one attached hydrogen (secondary N) is 1. The number of carbonyl (C=O) groups excluding carboxylic acids is 2. The lowest BCUT2D eigenvalue weighted by Gasteiger charge is -2.13. The molecular weight excluding hydrogens is 326 g/mol. The Morgan fingerprint density at radius 2 is 2.27 bits per heavy atom. The molecule has 0 aliphatic carbocycles. The average Bonchev–Trinajstić information content (AvgIpc) is 2.97. The molecule has 1 aromatic carbocycles. The second-order valence-electron chi connectivity index (χ2n) is 4.88. The number of aryl methyl sites for hydroxylation is 1. The first-order valence-electron chi connectivity index (χ1n) is 6.50. The number of rotatable bonds is 3. The SMILES string of the molecule is Cn1c(=O)sc2cc(N3CC(CNC(=O)S)OC3=O)ccc21. The van der Waals surface area contributed by atoms with Crippen LogP contribution >= 0.6 is 24.0 Å². The van der Waals surface area contributed by atoms with E-state index in [4.69, 9.17) is 4.74 Å². The van der Waals surface area contributed by atoms with Crippen molar-refractivity contribution < 1.29 is 14.3 Å². The van der Waals surface area contributed by atoms with E-state index >= 15 is 0 Å². The highest BCUT2D eigenvalue weighted by Gasteiger charge is 2.32. The molecule has 116 valence electrons. The van der Waals surface area contributed by atoms with Gasteiger partial charge in [-0.1, -0.05) is 24.0 Å². The predicted octanol–water partition coefficient (Wildman–Crippen LogP) is 1.56. The van der Waals surface area contributed by atoms with E-state index in [-0.39, 0.29) is 11.4 Å². The Kier molecular flexibility index (Phi) is 3.83. The molecule has 3 rings (SSSR count). The second kappa shape index (κ2) is 5.65. The number of fused-ring (bicyclic) bond motifs is 1. The van der Waals surface area contributed by atoms with Crippen molar-refractivity contribution >= 4 is 51.2 Å². The zero-order valence-electron chi connectivity index (χ0n) is 11.6. The average molecular weight is 339 g/mol. The van der Waals surface area contributed by atoms with Gasteiger partial charge in [-0.15, -0.1) is 0 Å². The van der Waals surface area contributed by atoms with E-state index < -0.39 is 17.4 Å². The highest BCUT2D eigenvalue weighted by atomic mass is 32.1. The number of anilines is 1. The van der Waals surface area contributed by atoms with Gasteiger partial charge in [0.1, 0.15) is 6.10 Å². The molecule has 9 heteroatoms. The number of hydrogen-bond donors (Lipinski definition) is 2. The molecule has 7 nitrogen and oxygen atoms in total. The largest absolute Gasteiger partial charge is 0.442 e. The van der Waals surface area contributed by atoms with Crippen molar-refractivity contribution in [3.05, 3.63) is 27.9 Å². The molecule has 1 unspecified atom stereocenters. The van der Waals surface area contributed by atoms with Gasteiger partial charge in [-0.25, -0.2) is 4.79 Å². The van der Waals surface area contributed by atoms with E-state index in [9.17, 15) is 14.4 Å². The highest BCUT2D eigenvalue weighted by Crippen LogP contribution is 2.27. The van der Waals surface area contributed by atoms with Gasteiger partial charge in [0.05, 0.1) is 23.3 Å². The monoisotopic (exact) mass is 339 g/mol. The van der Waals surface area contributed by atoms with Gasteiger partial charge < -0.3 is 14.6 Å². The third-order valence-electron chi connectivity index (χ3n) is 3.44. The minimum absolute atomic E-state index is 0.0504. The van der Waals surface area contributed by atoms with Crippen LogP contribution in [0.2, 0.25) is 0 Å². The molecule has 22 heavy (non-hydrogen) atoms. The zero-order chi connectivity index (χ0) is 15.9. The fraction of sp³-hybridized carbons (Fsp3) is 0.308. The highest BCUT2D eigenvalue weighted by molar-refractivity contribution is 7.96. The molecule has 1 atom stereocenters. The third kappa shape index (κ3) is 2.69. The summed E-state index contributed by atoms with van der Waals surface area (Å²) in [5, 5.41) is 2.03. The third-order valence-corrected chi connectivity index (χ3v) is 4.60. The van der Waals surface area contributed by atoms with Crippen LogP contribution in [0.1, 0.15) is 0 Å². The molecule has 1 aliphatic heterocycles. The Morgan fingerprint density at radius 1 is 1.50 bits per heavy atom. The van der Waals surface area contributed by atoms with Crippen LogP contribution in [-0.2, 0) is 11.8 Å². The summed E-state index contributed by atoms with van der Waals surface area (Å²) in [7, 11) is 1.71. The van der Waals surface area contributed by atoms with Crippen molar-refractivity contribution in [1.29, 1.82) is 0 Å². The minimum Gasteiger partial charge on any atom is -0.442 e. The van der Waals surface area contributed by atoms with Crippen molar-refractivity contribution in [2.45, 2.75) is 6.10 Å². The number of nitrogens with zero attached hydrogens (tertiary/aromatic N) is 2. The first-order chi connectivity index (χ1) is 10.5. The molecule has 1 aliphatic rings. The van der Waals surface area contributed by atoms with E-state index in [1.807, 2.05) is 0 Å². The van der Waals surface area contributed by atoms with Crippen molar-refractivity contribution in [3.63, 3.8) is 0 Å². The van der Waals surface area contributed by atoms with E-state index in [0.717, 1.165) is 21.6 Å². The number of thiazole rings is 1. The molecule has 0 saturated carbocycles. The lowest BCUT2D eigenvalue weighted by atomic mass is 10.2. The molecule has 2 heterocycles. The van der Waals surface area contributed by atoms with Crippen molar-refractivity contribution in [3.8, 4) is 0 Å². The zero-order valence-corrected chi connectivity index (χ0v) is 13.3. The van der Waals surface area contributed by atoms with Gasteiger partial charge in [0.25, 0.3) is 5.24 Å². The molecule has 2 aromatic rings. The molecule has 1 aromatic heterocycles. The summed E-state index contributed by atoms with van der Waals surface area (Å²) in [5.74, 6) is 0. The fourth-order valence-electron chi connectivity index (χ4n) is 2.33. The molecule has 1 saturated heterocycles. The second-order valence-corrected chi connectivity index (χ2v) is 6.28. The van der Waals surface area contributed by atoms with Crippen LogP contribution in [0.4, 0.5) is 15.3 Å². The van der Waals surface area contributed by atoms with Gasteiger partial charge in [0.15, 0.2) is 0 Å². The normalized spacial score (nSPS) is 17.8. The summed E-state index contributed by atoms with van der Waals surface area (Å²) in [6.45, 7) is 0.547. The fourth-order valence-corrected chi connectivity index (χ4v) is 3.33. The Hall–Kier alpha value is -2.00. The summed E-state index contributed by atoms with van der Waals surface area (Å²) in [4.78, 5) is 35.8. The van der Waals surface area contributed by atoms with E-state index in [1.165, 1.54) is 4.90 Å². The van der Waals surface area contributed by atoms with Crippen LogP contribution in [0, 0.1) is 0 Å². The van der Waals surface area contributed by atoms with Gasteiger partial charge in [0.2, 0.25) is 0 Å². The van der Waals surface area contributed by atoms with Crippen LogP contribution in [-0.4, -0.2) is 35.1 Å². The van der Waals surface area contributed by atoms with E-state index in [0.29, 0.717) is 12.2 Å². The number of aromatic nitrogens is 1. The van der Waals surface area contributed by atoms with Crippen LogP contribution < -0.4 is 15.1 Å². The maximum absolute atomic E-state index is 11.9. The van der Waals surface area contributed by atoms with Crippen LogP contribution in [0.5, 0.6) is 0 Å². The number of amides is 2. The van der Waals surface area contributed by atoms with Gasteiger partial charge in [-0.3, -0.25) is 14.5 Å². The van der Waals surface area contributed by atoms with Gasteiger partial charge in [-0.2, -0.15) is 0 Å². The number of benzene rings is 1. The minimum atomic E-state index is -0.471. The topological polar surface area (TPSA) is 80.6 Å². The maximum Gasteiger partial charge on any atom is 0.414 e.